The molecule has 228 valence electrons. The summed E-state index contributed by atoms with van der Waals surface area (Å²) in [7, 11) is 0. The van der Waals surface area contributed by atoms with Crippen LogP contribution < -0.4 is 10.6 Å². The van der Waals surface area contributed by atoms with Crippen LogP contribution in [0.25, 0.3) is 5.52 Å². The van der Waals surface area contributed by atoms with Crippen molar-refractivity contribution in [2.75, 3.05) is 25.0 Å². The number of anilines is 2. The molecule has 0 bridgehead atoms. The Morgan fingerprint density at radius 2 is 1.80 bits per heavy atom. The molecule has 3 N–H and O–H groups in total. The normalized spacial score (nSPS) is 11.3. The van der Waals surface area contributed by atoms with Crippen molar-refractivity contribution in [3.63, 3.8) is 0 Å². The predicted molar refractivity (Wildman–Crippen MR) is 177 cm³/mol. The van der Waals surface area contributed by atoms with E-state index in [1.54, 1.807) is 6.20 Å². The minimum absolute atomic E-state index is 0.0148. The summed E-state index contributed by atoms with van der Waals surface area (Å²) < 4.78 is 1.83. The van der Waals surface area contributed by atoms with Crippen LogP contribution in [0.1, 0.15) is 81.2 Å². The van der Waals surface area contributed by atoms with E-state index < -0.39 is 0 Å². The molecule has 0 aliphatic heterocycles. The Morgan fingerprint density at radius 3 is 2.37 bits per heavy atom. The Kier molecular flexibility index (Phi) is 20.5. The fourth-order valence-electron chi connectivity index (χ4n) is 3.44. The van der Waals surface area contributed by atoms with Crippen molar-refractivity contribution < 1.29 is 4.79 Å². The van der Waals surface area contributed by atoms with Crippen LogP contribution in [0.2, 0.25) is 0 Å². The quantitative estimate of drug-likeness (QED) is 0.147. The van der Waals surface area contributed by atoms with Crippen molar-refractivity contribution in [2.24, 2.45) is 0 Å². The van der Waals surface area contributed by atoms with Gasteiger partial charge in [0.2, 0.25) is 11.1 Å². The zero-order valence-corrected chi connectivity index (χ0v) is 27.8. The Bertz CT molecular complexity index is 1210. The second-order valence-electron chi connectivity index (χ2n) is 7.97. The summed E-state index contributed by atoms with van der Waals surface area (Å²) in [6, 6.07) is 3.88. The van der Waals surface area contributed by atoms with Gasteiger partial charge in [-0.2, -0.15) is 5.10 Å². The van der Waals surface area contributed by atoms with Gasteiger partial charge >= 0.3 is 0 Å². The minimum atomic E-state index is -0.0148. The van der Waals surface area contributed by atoms with Crippen LogP contribution in [-0.4, -0.2) is 55.2 Å². The van der Waals surface area contributed by atoms with Gasteiger partial charge in [-0.3, -0.25) is 14.8 Å². The SMILES string of the molecule is CC.CC.CC.C\C=C(/C=C\C(=C/C)Sc1nc(Nc2ccn[nH]2)c2cc(C)cn2n1)NC(=O)CN(CC)CCC. The van der Waals surface area contributed by atoms with E-state index in [2.05, 4.69) is 44.7 Å². The minimum Gasteiger partial charge on any atom is -0.325 e. The highest BCUT2D eigenvalue weighted by Crippen LogP contribution is 2.28. The fraction of sp³-hybridized carbons (Fsp3) is 0.484. The molecule has 0 radical (unpaired) electrons. The first-order valence-corrected chi connectivity index (χ1v) is 15.6. The third kappa shape index (κ3) is 13.2. The smallest absolute Gasteiger partial charge is 0.238 e. The van der Waals surface area contributed by atoms with Crippen LogP contribution in [0.4, 0.5) is 11.6 Å². The van der Waals surface area contributed by atoms with E-state index in [-0.39, 0.29) is 5.91 Å². The number of carbonyl (C=O) groups is 1. The number of fused-ring (bicyclic) bond motifs is 1. The van der Waals surface area contributed by atoms with E-state index in [1.807, 2.05) is 109 Å². The highest BCUT2D eigenvalue weighted by atomic mass is 32.2. The predicted octanol–water partition coefficient (Wildman–Crippen LogP) is 7.89. The lowest BCUT2D eigenvalue weighted by Gasteiger charge is -2.18. The molecular formula is C31H52N8OS. The molecule has 3 aromatic rings. The summed E-state index contributed by atoms with van der Waals surface area (Å²) in [5.41, 5.74) is 2.72. The lowest BCUT2D eigenvalue weighted by Crippen LogP contribution is -2.36. The number of aromatic nitrogens is 5. The molecule has 0 saturated carbocycles. The maximum absolute atomic E-state index is 12.5. The number of thioether (sulfide) groups is 1. The zero-order chi connectivity index (χ0) is 31.2. The Labute approximate surface area is 252 Å². The van der Waals surface area contributed by atoms with E-state index in [0.717, 1.165) is 47.0 Å². The van der Waals surface area contributed by atoms with Crippen LogP contribution in [0.5, 0.6) is 0 Å². The topological polar surface area (TPSA) is 103 Å². The van der Waals surface area contributed by atoms with Gasteiger partial charge in [-0.15, -0.1) is 5.10 Å². The monoisotopic (exact) mass is 584 g/mol. The van der Waals surface area contributed by atoms with Crippen LogP contribution in [0.3, 0.4) is 0 Å². The molecule has 3 rings (SSSR count). The molecule has 0 aromatic carbocycles. The molecule has 0 saturated heterocycles. The first kappa shape index (κ1) is 37.6. The Hall–Kier alpha value is -3.37. The van der Waals surface area contributed by atoms with Crippen LogP contribution >= 0.6 is 11.8 Å². The molecule has 9 nitrogen and oxygen atoms in total. The van der Waals surface area contributed by atoms with E-state index >= 15 is 0 Å². The number of likely N-dealkylation sites (N-methyl/N-ethyl adjacent to an activating group) is 1. The van der Waals surface area contributed by atoms with Gasteiger partial charge in [0.15, 0.2) is 5.82 Å². The van der Waals surface area contributed by atoms with Crippen molar-refractivity contribution in [1.82, 2.24) is 35.0 Å². The number of nitrogens with one attached hydrogen (secondary N) is 3. The fourth-order valence-corrected chi connectivity index (χ4v) is 4.17. The zero-order valence-electron chi connectivity index (χ0n) is 27.0. The summed E-state index contributed by atoms with van der Waals surface area (Å²) in [6.45, 7) is 24.2. The highest BCUT2D eigenvalue weighted by molar-refractivity contribution is 8.03. The van der Waals surface area contributed by atoms with Gasteiger partial charge in [-0.1, -0.05) is 67.5 Å². The van der Waals surface area contributed by atoms with Crippen LogP contribution in [0, 0.1) is 6.92 Å². The molecule has 0 aliphatic carbocycles. The van der Waals surface area contributed by atoms with Crippen molar-refractivity contribution in [2.45, 2.75) is 87.7 Å². The number of amides is 1. The Balaban J connectivity index is 0.00000250. The van der Waals surface area contributed by atoms with Crippen LogP contribution in [0.15, 0.2) is 64.6 Å². The average molecular weight is 585 g/mol. The van der Waals surface area contributed by atoms with Gasteiger partial charge in [0.1, 0.15) is 11.3 Å². The molecule has 1 amide bonds. The molecule has 0 fully saturated rings. The molecule has 3 heterocycles. The number of hydrogen-bond acceptors (Lipinski definition) is 7. The van der Waals surface area contributed by atoms with Gasteiger partial charge < -0.3 is 10.6 Å². The lowest BCUT2D eigenvalue weighted by atomic mass is 10.3. The van der Waals surface area contributed by atoms with E-state index in [0.29, 0.717) is 17.5 Å². The van der Waals surface area contributed by atoms with Crippen molar-refractivity contribution >= 4 is 34.8 Å². The standard InChI is InChI=1S/C25H34N8OS.3C2H6/c1-6-14-32(9-4)17-23(34)27-19(7-2)10-11-20(8-3)35-25-29-24(28-22-12-13-26-30-22)21-15-18(5)16-33(21)31-25;3*1-2/h7-8,10-13,15-16H,6,9,14,17H2,1-5H3,(H,27,34)(H2,26,28,29,30,31);3*1-2H3/b11-10-,19-7+,20-8+;;;. The third-order valence-corrected chi connectivity index (χ3v) is 6.17. The van der Waals surface area contributed by atoms with Crippen LogP contribution in [-0.2, 0) is 4.79 Å². The summed E-state index contributed by atoms with van der Waals surface area (Å²) in [5, 5.41) is 18.4. The maximum Gasteiger partial charge on any atom is 0.238 e. The van der Waals surface area contributed by atoms with E-state index in [4.69, 9.17) is 4.98 Å². The molecule has 0 unspecified atom stereocenters. The number of hydrogen-bond donors (Lipinski definition) is 3. The summed E-state index contributed by atoms with van der Waals surface area (Å²) in [6.07, 6.45) is 12.4. The van der Waals surface area contributed by atoms with Gasteiger partial charge in [-0.05, 0) is 75.8 Å². The number of carbonyl (C=O) groups excluding carboxylic acids is 1. The summed E-state index contributed by atoms with van der Waals surface area (Å²) in [5.74, 6) is 1.42. The molecule has 3 aromatic heterocycles. The number of nitrogens with zero attached hydrogens (tertiary/aromatic N) is 5. The first-order valence-electron chi connectivity index (χ1n) is 14.8. The molecular weight excluding hydrogens is 532 g/mol. The number of rotatable bonds is 12. The van der Waals surface area contributed by atoms with E-state index in [9.17, 15) is 4.79 Å². The molecule has 0 spiro atoms. The molecule has 0 atom stereocenters. The second-order valence-corrected chi connectivity index (χ2v) is 9.01. The summed E-state index contributed by atoms with van der Waals surface area (Å²) >= 11 is 1.45. The van der Waals surface area contributed by atoms with Gasteiger partial charge in [0, 0.05) is 22.9 Å². The van der Waals surface area contributed by atoms with Crippen molar-refractivity contribution in [3.8, 4) is 0 Å². The van der Waals surface area contributed by atoms with E-state index in [1.165, 1.54) is 11.8 Å². The largest absolute Gasteiger partial charge is 0.325 e. The average Bonchev–Trinajstić information content (AvgIpc) is 3.66. The Morgan fingerprint density at radius 1 is 1.10 bits per heavy atom. The first-order chi connectivity index (χ1) is 19.9. The summed E-state index contributed by atoms with van der Waals surface area (Å²) in [4.78, 5) is 20.3. The van der Waals surface area contributed by atoms with Crippen molar-refractivity contribution in [3.05, 3.63) is 65.0 Å². The molecule has 0 aliphatic rings. The lowest BCUT2D eigenvalue weighted by molar-refractivity contribution is -0.121. The number of allylic oxidation sites excluding steroid dienone is 4. The van der Waals surface area contributed by atoms with Gasteiger partial charge in [-0.25, -0.2) is 9.50 Å². The van der Waals surface area contributed by atoms with Gasteiger partial charge in [0.25, 0.3) is 0 Å². The maximum atomic E-state index is 12.5. The van der Waals surface area contributed by atoms with Crippen molar-refractivity contribution in [1.29, 1.82) is 0 Å². The number of aryl methyl sites for hydroxylation is 1. The third-order valence-electron chi connectivity index (χ3n) is 5.20. The second kappa shape index (κ2) is 22.3. The number of aromatic amines is 1. The molecule has 41 heavy (non-hydrogen) atoms. The van der Waals surface area contributed by atoms with Gasteiger partial charge in [0.05, 0.1) is 12.7 Å². The number of H-pyrrole nitrogens is 1. The molecule has 10 heteroatoms. The highest BCUT2D eigenvalue weighted by Gasteiger charge is 2.12.